The molecule has 1 heterocycles. The van der Waals surface area contributed by atoms with Crippen molar-refractivity contribution in [3.05, 3.63) is 68.8 Å². The van der Waals surface area contributed by atoms with E-state index in [1.807, 2.05) is 30.3 Å². The van der Waals surface area contributed by atoms with Gasteiger partial charge in [0.1, 0.15) is 11.3 Å². The second-order valence-electron chi connectivity index (χ2n) is 4.10. The van der Waals surface area contributed by atoms with Gasteiger partial charge in [0.05, 0.1) is 15.4 Å². The maximum Gasteiger partial charge on any atom is 0.193 e. The van der Waals surface area contributed by atoms with Gasteiger partial charge in [0.2, 0.25) is 0 Å². The van der Waals surface area contributed by atoms with Crippen LogP contribution in [0.3, 0.4) is 0 Å². The van der Waals surface area contributed by atoms with Gasteiger partial charge in [0.15, 0.2) is 5.43 Å². The molecule has 0 unspecified atom stereocenters. The zero-order valence-corrected chi connectivity index (χ0v) is 11.2. The average molecular weight is 291 g/mol. The highest BCUT2D eigenvalue weighted by molar-refractivity contribution is 6.42. The Morgan fingerprint density at radius 1 is 0.895 bits per heavy atom. The van der Waals surface area contributed by atoms with E-state index in [0.29, 0.717) is 26.8 Å². The van der Waals surface area contributed by atoms with E-state index < -0.39 is 0 Å². The van der Waals surface area contributed by atoms with Crippen LogP contribution >= 0.6 is 23.2 Å². The Bertz CT molecular complexity index is 807. The lowest BCUT2D eigenvalue weighted by molar-refractivity contribution is 0.619. The maximum atomic E-state index is 12.1. The first-order valence-corrected chi connectivity index (χ1v) is 6.39. The number of benzene rings is 2. The highest BCUT2D eigenvalue weighted by Gasteiger charge is 2.09. The fourth-order valence-corrected chi connectivity index (χ4v) is 2.21. The molecule has 1 aromatic heterocycles. The summed E-state index contributed by atoms with van der Waals surface area (Å²) in [6.07, 6.45) is 0. The van der Waals surface area contributed by atoms with Gasteiger partial charge >= 0.3 is 0 Å². The van der Waals surface area contributed by atoms with Gasteiger partial charge < -0.3 is 4.42 Å². The summed E-state index contributed by atoms with van der Waals surface area (Å²) in [6, 6.07) is 14.0. The Labute approximate surface area is 119 Å². The van der Waals surface area contributed by atoms with Crippen LogP contribution < -0.4 is 5.43 Å². The molecule has 0 N–H and O–H groups in total. The first-order chi connectivity index (χ1) is 9.15. The molecule has 0 amide bonds. The quantitative estimate of drug-likeness (QED) is 0.646. The molecule has 0 saturated carbocycles. The standard InChI is InChI=1S/C15H8Cl2O2/c16-11-6-10-13(18)8-14(9-4-2-1-3-5-9)19-15(10)7-12(11)17/h1-8H. The van der Waals surface area contributed by atoms with Crippen LogP contribution in [0.2, 0.25) is 10.0 Å². The van der Waals surface area contributed by atoms with Gasteiger partial charge in [0.25, 0.3) is 0 Å². The largest absolute Gasteiger partial charge is 0.456 e. The van der Waals surface area contributed by atoms with Crippen LogP contribution in [-0.2, 0) is 0 Å². The summed E-state index contributed by atoms with van der Waals surface area (Å²) >= 11 is 11.8. The summed E-state index contributed by atoms with van der Waals surface area (Å²) in [7, 11) is 0. The average Bonchev–Trinajstić information content (AvgIpc) is 2.42. The second kappa shape index (κ2) is 4.72. The van der Waals surface area contributed by atoms with Crippen molar-refractivity contribution in [2.24, 2.45) is 0 Å². The van der Waals surface area contributed by atoms with E-state index in [4.69, 9.17) is 27.6 Å². The smallest absolute Gasteiger partial charge is 0.193 e. The molecule has 3 aromatic rings. The Hall–Kier alpha value is -1.77. The Morgan fingerprint density at radius 3 is 2.32 bits per heavy atom. The summed E-state index contributed by atoms with van der Waals surface area (Å²) in [5, 5.41) is 1.13. The molecule has 2 aromatic carbocycles. The van der Waals surface area contributed by atoms with E-state index in [1.165, 1.54) is 12.1 Å². The van der Waals surface area contributed by atoms with E-state index >= 15 is 0 Å². The molecule has 3 rings (SSSR count). The third kappa shape index (κ3) is 2.25. The van der Waals surface area contributed by atoms with E-state index in [-0.39, 0.29) is 5.43 Å². The molecule has 4 heteroatoms. The third-order valence-electron chi connectivity index (χ3n) is 2.83. The summed E-state index contributed by atoms with van der Waals surface area (Å²) < 4.78 is 5.72. The van der Waals surface area contributed by atoms with Crippen LogP contribution in [0, 0.1) is 0 Å². The topological polar surface area (TPSA) is 30.2 Å². The zero-order valence-electron chi connectivity index (χ0n) is 9.69. The molecule has 0 spiro atoms. The first kappa shape index (κ1) is 12.3. The lowest BCUT2D eigenvalue weighted by Gasteiger charge is -2.04. The van der Waals surface area contributed by atoms with Crippen molar-refractivity contribution in [1.82, 2.24) is 0 Å². The predicted octanol–water partition coefficient (Wildman–Crippen LogP) is 4.77. The van der Waals surface area contributed by atoms with E-state index in [9.17, 15) is 4.79 Å². The monoisotopic (exact) mass is 290 g/mol. The summed E-state index contributed by atoms with van der Waals surface area (Å²) in [4.78, 5) is 12.1. The van der Waals surface area contributed by atoms with Gasteiger partial charge in [-0.15, -0.1) is 0 Å². The van der Waals surface area contributed by atoms with Gasteiger partial charge in [-0.1, -0.05) is 53.5 Å². The highest BCUT2D eigenvalue weighted by atomic mass is 35.5. The van der Waals surface area contributed by atoms with Crippen LogP contribution in [-0.4, -0.2) is 0 Å². The van der Waals surface area contributed by atoms with Gasteiger partial charge in [0, 0.05) is 17.7 Å². The van der Waals surface area contributed by atoms with Crippen molar-refractivity contribution in [3.8, 4) is 11.3 Å². The Kier molecular flexibility index (Phi) is 3.05. The van der Waals surface area contributed by atoms with Crippen LogP contribution in [0.15, 0.2) is 57.7 Å². The summed E-state index contributed by atoms with van der Waals surface area (Å²) in [5.74, 6) is 0.511. The molecule has 0 saturated heterocycles. The number of hydrogen-bond donors (Lipinski definition) is 0. The van der Waals surface area contributed by atoms with Crippen LogP contribution in [0.4, 0.5) is 0 Å². The van der Waals surface area contributed by atoms with Crippen molar-refractivity contribution in [2.75, 3.05) is 0 Å². The molecular formula is C15H8Cl2O2. The fraction of sp³-hybridized carbons (Fsp3) is 0. The van der Waals surface area contributed by atoms with Crippen LogP contribution in [0.25, 0.3) is 22.3 Å². The molecule has 2 nitrogen and oxygen atoms in total. The molecule has 0 fully saturated rings. The lowest BCUT2D eigenvalue weighted by Crippen LogP contribution is -2.00. The Morgan fingerprint density at radius 2 is 1.58 bits per heavy atom. The zero-order chi connectivity index (χ0) is 13.4. The molecule has 0 aliphatic rings. The molecule has 0 aliphatic heterocycles. The molecule has 19 heavy (non-hydrogen) atoms. The lowest BCUT2D eigenvalue weighted by atomic mass is 10.1. The normalized spacial score (nSPS) is 10.8. The van der Waals surface area contributed by atoms with E-state index in [1.54, 1.807) is 6.07 Å². The maximum absolute atomic E-state index is 12.1. The molecule has 0 atom stereocenters. The molecular weight excluding hydrogens is 283 g/mol. The van der Waals surface area contributed by atoms with Crippen molar-refractivity contribution in [3.63, 3.8) is 0 Å². The van der Waals surface area contributed by atoms with Crippen molar-refractivity contribution >= 4 is 34.2 Å². The molecule has 94 valence electrons. The number of rotatable bonds is 1. The van der Waals surface area contributed by atoms with Crippen molar-refractivity contribution in [2.45, 2.75) is 0 Å². The van der Waals surface area contributed by atoms with Crippen LogP contribution in [0.5, 0.6) is 0 Å². The fourth-order valence-electron chi connectivity index (χ4n) is 1.90. The summed E-state index contributed by atoms with van der Waals surface area (Å²) in [5.41, 5.74) is 1.13. The number of fused-ring (bicyclic) bond motifs is 1. The van der Waals surface area contributed by atoms with E-state index in [2.05, 4.69) is 0 Å². The summed E-state index contributed by atoms with van der Waals surface area (Å²) in [6.45, 7) is 0. The second-order valence-corrected chi connectivity index (χ2v) is 4.92. The predicted molar refractivity (Wildman–Crippen MR) is 77.9 cm³/mol. The minimum atomic E-state index is -0.140. The molecule has 0 aliphatic carbocycles. The number of hydrogen-bond acceptors (Lipinski definition) is 2. The number of halogens is 2. The minimum Gasteiger partial charge on any atom is -0.456 e. The van der Waals surface area contributed by atoms with Gasteiger partial charge in [-0.2, -0.15) is 0 Å². The van der Waals surface area contributed by atoms with Gasteiger partial charge in [-0.25, -0.2) is 0 Å². The Balaban J connectivity index is 2.31. The van der Waals surface area contributed by atoms with E-state index in [0.717, 1.165) is 5.56 Å². The third-order valence-corrected chi connectivity index (χ3v) is 3.55. The van der Waals surface area contributed by atoms with Crippen molar-refractivity contribution < 1.29 is 4.42 Å². The minimum absolute atomic E-state index is 0.140. The first-order valence-electron chi connectivity index (χ1n) is 5.63. The molecule has 0 radical (unpaired) electrons. The highest BCUT2D eigenvalue weighted by Crippen LogP contribution is 2.28. The van der Waals surface area contributed by atoms with Crippen LogP contribution in [0.1, 0.15) is 0 Å². The van der Waals surface area contributed by atoms with Gasteiger partial charge in [-0.05, 0) is 6.07 Å². The SMILES string of the molecule is O=c1cc(-c2ccccc2)oc2cc(Cl)c(Cl)cc12. The molecule has 0 bridgehead atoms. The van der Waals surface area contributed by atoms with Crippen molar-refractivity contribution in [1.29, 1.82) is 0 Å². The van der Waals surface area contributed by atoms with Gasteiger partial charge in [-0.3, -0.25) is 4.79 Å².